The second-order valence-corrected chi connectivity index (χ2v) is 3.68. The summed E-state index contributed by atoms with van der Waals surface area (Å²) in [6, 6.07) is 3.70. The quantitative estimate of drug-likeness (QED) is 0.829. The molecule has 0 spiro atoms. The van der Waals surface area contributed by atoms with Gasteiger partial charge in [0, 0.05) is 0 Å². The zero-order chi connectivity index (χ0) is 9.42. The lowest BCUT2D eigenvalue weighted by molar-refractivity contribution is 0.477. The third kappa shape index (κ3) is 1.23. The van der Waals surface area contributed by atoms with Crippen LogP contribution in [-0.4, -0.2) is 5.11 Å². The number of fused-ring (bicyclic) bond motifs is 1. The molecular formula is C10H9BrO2. The number of benzene rings is 1. The van der Waals surface area contributed by atoms with Gasteiger partial charge in [0.05, 0.1) is 16.1 Å². The van der Waals surface area contributed by atoms with E-state index in [0.29, 0.717) is 0 Å². The minimum atomic E-state index is 0.267. The molecule has 0 aliphatic carbocycles. The molecule has 0 unspecified atom stereocenters. The van der Waals surface area contributed by atoms with Gasteiger partial charge in [-0.2, -0.15) is 0 Å². The lowest BCUT2D eigenvalue weighted by atomic mass is 10.1. The molecule has 3 heteroatoms. The Morgan fingerprint density at radius 1 is 1.54 bits per heavy atom. The number of hydrogen-bond donors (Lipinski definition) is 1. The van der Waals surface area contributed by atoms with Gasteiger partial charge in [0.2, 0.25) is 0 Å². The maximum atomic E-state index is 9.75. The van der Waals surface area contributed by atoms with E-state index in [9.17, 15) is 5.11 Å². The number of aryl methyl sites for hydroxylation is 1. The van der Waals surface area contributed by atoms with Crippen LogP contribution in [-0.2, 0) is 6.42 Å². The topological polar surface area (TPSA) is 33.4 Å². The molecule has 2 aromatic rings. The summed E-state index contributed by atoms with van der Waals surface area (Å²) in [4.78, 5) is 0. The van der Waals surface area contributed by atoms with Gasteiger partial charge in [0.25, 0.3) is 0 Å². The summed E-state index contributed by atoms with van der Waals surface area (Å²) in [5, 5.41) is 10.5. The maximum Gasteiger partial charge on any atom is 0.141 e. The number of rotatable bonds is 1. The molecule has 13 heavy (non-hydrogen) atoms. The molecule has 0 saturated heterocycles. The summed E-state index contributed by atoms with van der Waals surface area (Å²) in [5.41, 5.74) is 1.79. The summed E-state index contributed by atoms with van der Waals surface area (Å²) < 4.78 is 5.98. The summed E-state index contributed by atoms with van der Waals surface area (Å²) in [6.07, 6.45) is 2.45. The molecule has 0 aliphatic heterocycles. The Labute approximate surface area is 84.3 Å². The predicted octanol–water partition coefficient (Wildman–Crippen LogP) is 3.46. The van der Waals surface area contributed by atoms with Crippen LogP contribution >= 0.6 is 15.9 Å². The molecule has 68 valence electrons. The van der Waals surface area contributed by atoms with Gasteiger partial charge in [-0.05, 0) is 40.0 Å². The molecule has 1 heterocycles. The highest BCUT2D eigenvalue weighted by molar-refractivity contribution is 9.10. The molecular weight excluding hydrogens is 232 g/mol. The third-order valence-electron chi connectivity index (χ3n) is 2.13. The average Bonchev–Trinajstić information content (AvgIpc) is 2.59. The fraction of sp³-hybridized carbons (Fsp3) is 0.200. The average molecular weight is 241 g/mol. The SMILES string of the molecule is CCc1cc2occc2c(O)c1Br. The van der Waals surface area contributed by atoms with Crippen molar-refractivity contribution in [2.75, 3.05) is 0 Å². The smallest absolute Gasteiger partial charge is 0.141 e. The highest BCUT2D eigenvalue weighted by atomic mass is 79.9. The van der Waals surface area contributed by atoms with Crippen LogP contribution in [0.3, 0.4) is 0 Å². The van der Waals surface area contributed by atoms with Crippen LogP contribution in [0.4, 0.5) is 0 Å². The molecule has 0 fully saturated rings. The zero-order valence-corrected chi connectivity index (χ0v) is 8.76. The van der Waals surface area contributed by atoms with E-state index in [2.05, 4.69) is 15.9 Å². The Balaban J connectivity index is 2.83. The summed E-state index contributed by atoms with van der Waals surface area (Å²) in [6.45, 7) is 2.04. The van der Waals surface area contributed by atoms with E-state index in [1.165, 1.54) is 0 Å². The number of hydrogen-bond acceptors (Lipinski definition) is 2. The van der Waals surface area contributed by atoms with Gasteiger partial charge in [-0.3, -0.25) is 0 Å². The van der Waals surface area contributed by atoms with E-state index < -0.39 is 0 Å². The van der Waals surface area contributed by atoms with Crippen LogP contribution in [0.25, 0.3) is 11.0 Å². The van der Waals surface area contributed by atoms with Crippen LogP contribution in [0.5, 0.6) is 5.75 Å². The van der Waals surface area contributed by atoms with E-state index in [4.69, 9.17) is 4.42 Å². The third-order valence-corrected chi connectivity index (χ3v) is 3.01. The first-order valence-corrected chi connectivity index (χ1v) is 4.91. The minimum absolute atomic E-state index is 0.267. The molecule has 1 aromatic heterocycles. The van der Waals surface area contributed by atoms with Crippen LogP contribution < -0.4 is 0 Å². The van der Waals surface area contributed by atoms with Crippen molar-refractivity contribution in [2.45, 2.75) is 13.3 Å². The Morgan fingerprint density at radius 3 is 3.00 bits per heavy atom. The number of halogens is 1. The van der Waals surface area contributed by atoms with Gasteiger partial charge in [0.1, 0.15) is 11.3 Å². The number of phenols is 1. The second kappa shape index (κ2) is 3.07. The molecule has 0 bridgehead atoms. The van der Waals surface area contributed by atoms with E-state index >= 15 is 0 Å². The summed E-state index contributed by atoms with van der Waals surface area (Å²) in [7, 11) is 0. The molecule has 0 amide bonds. The standard InChI is InChI=1S/C10H9BrO2/c1-2-6-5-8-7(3-4-13-8)10(12)9(6)11/h3-5,12H,2H2,1H3. The molecule has 0 atom stereocenters. The molecule has 0 saturated carbocycles. The number of phenolic OH excluding ortho intramolecular Hbond substituents is 1. The molecule has 0 aliphatic rings. The Bertz CT molecular complexity index is 445. The van der Waals surface area contributed by atoms with E-state index in [0.717, 1.165) is 27.4 Å². The summed E-state index contributed by atoms with van der Waals surface area (Å²) >= 11 is 3.35. The van der Waals surface area contributed by atoms with Crippen LogP contribution in [0.2, 0.25) is 0 Å². The van der Waals surface area contributed by atoms with Crippen molar-refractivity contribution in [3.8, 4) is 5.75 Å². The van der Waals surface area contributed by atoms with Gasteiger partial charge in [0.15, 0.2) is 0 Å². The number of furan rings is 1. The number of aromatic hydroxyl groups is 1. The first-order valence-electron chi connectivity index (χ1n) is 4.11. The highest BCUT2D eigenvalue weighted by Gasteiger charge is 2.10. The Hall–Kier alpha value is -0.960. The normalized spacial score (nSPS) is 10.9. The van der Waals surface area contributed by atoms with Gasteiger partial charge in [-0.15, -0.1) is 0 Å². The Morgan fingerprint density at radius 2 is 2.31 bits per heavy atom. The van der Waals surface area contributed by atoms with Crippen molar-refractivity contribution in [3.05, 3.63) is 28.4 Å². The fourth-order valence-electron chi connectivity index (χ4n) is 1.38. The fourth-order valence-corrected chi connectivity index (χ4v) is 1.99. The first kappa shape index (κ1) is 8.63. The van der Waals surface area contributed by atoms with Gasteiger partial charge < -0.3 is 9.52 Å². The van der Waals surface area contributed by atoms with Crippen molar-refractivity contribution >= 4 is 26.9 Å². The van der Waals surface area contributed by atoms with E-state index in [1.807, 2.05) is 13.0 Å². The van der Waals surface area contributed by atoms with Crippen molar-refractivity contribution < 1.29 is 9.52 Å². The largest absolute Gasteiger partial charge is 0.506 e. The van der Waals surface area contributed by atoms with E-state index in [-0.39, 0.29) is 5.75 Å². The van der Waals surface area contributed by atoms with Crippen molar-refractivity contribution in [3.63, 3.8) is 0 Å². The minimum Gasteiger partial charge on any atom is -0.506 e. The van der Waals surface area contributed by atoms with E-state index in [1.54, 1.807) is 12.3 Å². The van der Waals surface area contributed by atoms with Crippen molar-refractivity contribution in [2.24, 2.45) is 0 Å². The van der Waals surface area contributed by atoms with Crippen molar-refractivity contribution in [1.29, 1.82) is 0 Å². The first-order chi connectivity index (χ1) is 6.24. The summed E-state index contributed by atoms with van der Waals surface area (Å²) in [5.74, 6) is 0.267. The molecule has 2 rings (SSSR count). The van der Waals surface area contributed by atoms with Crippen LogP contribution in [0, 0.1) is 0 Å². The van der Waals surface area contributed by atoms with Crippen molar-refractivity contribution in [1.82, 2.24) is 0 Å². The molecule has 1 N–H and O–H groups in total. The highest BCUT2D eigenvalue weighted by Crippen LogP contribution is 2.36. The zero-order valence-electron chi connectivity index (χ0n) is 7.17. The van der Waals surface area contributed by atoms with Crippen LogP contribution in [0.15, 0.2) is 27.3 Å². The monoisotopic (exact) mass is 240 g/mol. The van der Waals surface area contributed by atoms with Crippen LogP contribution in [0.1, 0.15) is 12.5 Å². The lowest BCUT2D eigenvalue weighted by Crippen LogP contribution is -1.83. The maximum absolute atomic E-state index is 9.75. The molecule has 2 nitrogen and oxygen atoms in total. The van der Waals surface area contributed by atoms with Gasteiger partial charge in [-0.1, -0.05) is 6.92 Å². The predicted molar refractivity (Wildman–Crippen MR) is 55.0 cm³/mol. The Kier molecular flexibility index (Phi) is 2.04. The van der Waals surface area contributed by atoms with Gasteiger partial charge in [-0.25, -0.2) is 0 Å². The van der Waals surface area contributed by atoms with Gasteiger partial charge >= 0.3 is 0 Å². The molecule has 0 radical (unpaired) electrons. The molecule has 1 aromatic carbocycles. The second-order valence-electron chi connectivity index (χ2n) is 2.88. The lowest BCUT2D eigenvalue weighted by Gasteiger charge is -2.03.